The molecule has 0 saturated heterocycles. The Morgan fingerprint density at radius 2 is 2.38 bits per heavy atom. The Kier molecular flexibility index (Phi) is 4.92. The van der Waals surface area contributed by atoms with Crippen LogP contribution in [0.15, 0.2) is 24.5 Å². The first kappa shape index (κ1) is 12.6. The van der Waals surface area contributed by atoms with E-state index in [4.69, 9.17) is 4.74 Å². The van der Waals surface area contributed by atoms with Crippen LogP contribution in [-0.4, -0.2) is 25.1 Å². The monoisotopic (exact) mass is 222 g/mol. The normalized spacial score (nSPS) is 14.2. The lowest BCUT2D eigenvalue weighted by Crippen LogP contribution is -2.31. The van der Waals surface area contributed by atoms with E-state index in [9.17, 15) is 4.79 Å². The van der Waals surface area contributed by atoms with Crippen molar-refractivity contribution in [3.8, 4) is 0 Å². The molecule has 1 rings (SSSR count). The number of hydrogen-bond donors (Lipinski definition) is 1. The van der Waals surface area contributed by atoms with Crippen molar-refractivity contribution < 1.29 is 9.53 Å². The number of carbonyl (C=O) groups excluding carboxylic acids is 1. The summed E-state index contributed by atoms with van der Waals surface area (Å²) in [7, 11) is 3.25. The van der Waals surface area contributed by atoms with Gasteiger partial charge in [-0.15, -0.1) is 0 Å². The van der Waals surface area contributed by atoms with Crippen LogP contribution >= 0.6 is 0 Å². The van der Waals surface area contributed by atoms with Gasteiger partial charge in [-0.1, -0.05) is 13.0 Å². The van der Waals surface area contributed by atoms with Crippen molar-refractivity contribution >= 4 is 5.97 Å². The highest BCUT2D eigenvalue weighted by Crippen LogP contribution is 2.24. The van der Waals surface area contributed by atoms with Gasteiger partial charge in [0.05, 0.1) is 13.0 Å². The average Bonchev–Trinajstić information content (AvgIpc) is 2.36. The summed E-state index contributed by atoms with van der Waals surface area (Å²) in [5.41, 5.74) is 1.00. The first-order chi connectivity index (χ1) is 7.74. The molecule has 1 N–H and O–H groups in total. The molecule has 0 aromatic carbocycles. The zero-order valence-corrected chi connectivity index (χ0v) is 9.93. The van der Waals surface area contributed by atoms with Crippen molar-refractivity contribution in [2.45, 2.75) is 19.4 Å². The van der Waals surface area contributed by atoms with Gasteiger partial charge in [0.2, 0.25) is 0 Å². The number of hydrogen-bond acceptors (Lipinski definition) is 4. The van der Waals surface area contributed by atoms with E-state index in [1.165, 1.54) is 7.11 Å². The molecule has 1 heterocycles. The predicted octanol–water partition coefficient (Wildman–Crippen LogP) is 1.54. The SMILES string of the molecule is CCC(C(=O)OC)C(NC)c1cccnc1. The molecule has 0 aliphatic carbocycles. The number of rotatable bonds is 5. The van der Waals surface area contributed by atoms with Gasteiger partial charge >= 0.3 is 5.97 Å². The molecular formula is C12H18N2O2. The Morgan fingerprint density at radius 3 is 2.81 bits per heavy atom. The van der Waals surface area contributed by atoms with Crippen LogP contribution in [0.4, 0.5) is 0 Å². The molecule has 0 aliphatic heterocycles. The van der Waals surface area contributed by atoms with Gasteiger partial charge in [0.1, 0.15) is 0 Å². The van der Waals surface area contributed by atoms with Gasteiger partial charge in [-0.05, 0) is 25.1 Å². The lowest BCUT2D eigenvalue weighted by molar-refractivity contribution is -0.146. The number of carbonyl (C=O) groups is 1. The summed E-state index contributed by atoms with van der Waals surface area (Å²) in [6.07, 6.45) is 4.22. The average molecular weight is 222 g/mol. The molecule has 1 aromatic heterocycles. The zero-order valence-electron chi connectivity index (χ0n) is 9.93. The van der Waals surface area contributed by atoms with Crippen LogP contribution in [-0.2, 0) is 9.53 Å². The van der Waals surface area contributed by atoms with E-state index >= 15 is 0 Å². The fourth-order valence-electron chi connectivity index (χ4n) is 1.85. The lowest BCUT2D eigenvalue weighted by Gasteiger charge is -2.23. The Balaban J connectivity index is 2.92. The van der Waals surface area contributed by atoms with Crippen LogP contribution < -0.4 is 5.32 Å². The topological polar surface area (TPSA) is 51.2 Å². The second-order valence-electron chi connectivity index (χ2n) is 3.59. The van der Waals surface area contributed by atoms with E-state index in [2.05, 4.69) is 10.3 Å². The summed E-state index contributed by atoms with van der Waals surface area (Å²) in [5, 5.41) is 3.14. The molecule has 0 amide bonds. The summed E-state index contributed by atoms with van der Waals surface area (Å²) in [6.45, 7) is 1.97. The third-order valence-electron chi connectivity index (χ3n) is 2.70. The zero-order chi connectivity index (χ0) is 12.0. The van der Waals surface area contributed by atoms with Crippen molar-refractivity contribution in [1.29, 1.82) is 0 Å². The van der Waals surface area contributed by atoms with Gasteiger partial charge in [0.25, 0.3) is 0 Å². The van der Waals surface area contributed by atoms with E-state index in [0.29, 0.717) is 0 Å². The van der Waals surface area contributed by atoms with Gasteiger partial charge in [0, 0.05) is 18.4 Å². The molecule has 2 atom stereocenters. The van der Waals surface area contributed by atoms with Crippen LogP contribution in [0.25, 0.3) is 0 Å². The maximum absolute atomic E-state index is 11.6. The second kappa shape index (κ2) is 6.23. The van der Waals surface area contributed by atoms with Crippen LogP contribution in [0.2, 0.25) is 0 Å². The molecule has 0 bridgehead atoms. The fraction of sp³-hybridized carbons (Fsp3) is 0.500. The number of methoxy groups -OCH3 is 1. The molecular weight excluding hydrogens is 204 g/mol. The van der Waals surface area contributed by atoms with E-state index in [-0.39, 0.29) is 17.9 Å². The van der Waals surface area contributed by atoms with E-state index in [1.807, 2.05) is 26.1 Å². The largest absolute Gasteiger partial charge is 0.469 e. The van der Waals surface area contributed by atoms with Crippen LogP contribution in [0.5, 0.6) is 0 Å². The minimum atomic E-state index is -0.189. The molecule has 0 aliphatic rings. The molecule has 0 saturated carbocycles. The smallest absolute Gasteiger partial charge is 0.310 e. The number of esters is 1. The van der Waals surface area contributed by atoms with Crippen molar-refractivity contribution in [3.63, 3.8) is 0 Å². The van der Waals surface area contributed by atoms with E-state index in [0.717, 1.165) is 12.0 Å². The van der Waals surface area contributed by atoms with E-state index < -0.39 is 0 Å². The summed E-state index contributed by atoms with van der Waals surface area (Å²) >= 11 is 0. The van der Waals surface area contributed by atoms with Gasteiger partial charge in [-0.3, -0.25) is 9.78 Å². The third kappa shape index (κ3) is 2.79. The van der Waals surface area contributed by atoms with E-state index in [1.54, 1.807) is 12.4 Å². The molecule has 1 aromatic rings. The maximum Gasteiger partial charge on any atom is 0.310 e. The molecule has 0 fully saturated rings. The molecule has 4 nitrogen and oxygen atoms in total. The minimum absolute atomic E-state index is 0.0499. The Morgan fingerprint density at radius 1 is 1.62 bits per heavy atom. The Bertz CT molecular complexity index is 327. The summed E-state index contributed by atoms with van der Waals surface area (Å²) < 4.78 is 4.81. The lowest BCUT2D eigenvalue weighted by atomic mass is 9.92. The van der Waals surface area contributed by atoms with Gasteiger partial charge in [-0.25, -0.2) is 0 Å². The van der Waals surface area contributed by atoms with Crippen LogP contribution in [0.1, 0.15) is 24.9 Å². The summed E-state index contributed by atoms with van der Waals surface area (Å²) in [6, 6.07) is 3.77. The first-order valence-corrected chi connectivity index (χ1v) is 5.39. The number of pyridine rings is 1. The number of nitrogens with zero attached hydrogens (tertiary/aromatic N) is 1. The first-order valence-electron chi connectivity index (χ1n) is 5.39. The highest BCUT2D eigenvalue weighted by atomic mass is 16.5. The minimum Gasteiger partial charge on any atom is -0.469 e. The predicted molar refractivity (Wildman–Crippen MR) is 61.8 cm³/mol. The second-order valence-corrected chi connectivity index (χ2v) is 3.59. The maximum atomic E-state index is 11.6. The molecule has 16 heavy (non-hydrogen) atoms. The molecule has 0 radical (unpaired) electrons. The summed E-state index contributed by atoms with van der Waals surface area (Å²) in [4.78, 5) is 15.7. The van der Waals surface area contributed by atoms with Crippen molar-refractivity contribution in [2.24, 2.45) is 5.92 Å². The molecule has 4 heteroatoms. The fourth-order valence-corrected chi connectivity index (χ4v) is 1.85. The van der Waals surface area contributed by atoms with Gasteiger partial charge < -0.3 is 10.1 Å². The van der Waals surface area contributed by atoms with Gasteiger partial charge in [0.15, 0.2) is 0 Å². The van der Waals surface area contributed by atoms with Crippen molar-refractivity contribution in [1.82, 2.24) is 10.3 Å². The van der Waals surface area contributed by atoms with Crippen molar-refractivity contribution in [2.75, 3.05) is 14.2 Å². The standard InChI is InChI=1S/C12H18N2O2/c1-4-10(12(15)16-3)11(13-2)9-6-5-7-14-8-9/h5-8,10-11,13H,4H2,1-3H3. The Hall–Kier alpha value is -1.42. The van der Waals surface area contributed by atoms with Gasteiger partial charge in [-0.2, -0.15) is 0 Å². The van der Waals surface area contributed by atoms with Crippen LogP contribution in [0, 0.1) is 5.92 Å². The molecule has 0 spiro atoms. The third-order valence-corrected chi connectivity index (χ3v) is 2.70. The Labute approximate surface area is 96.0 Å². The number of ether oxygens (including phenoxy) is 1. The highest BCUT2D eigenvalue weighted by molar-refractivity contribution is 5.73. The quantitative estimate of drug-likeness (QED) is 0.768. The molecule has 88 valence electrons. The number of nitrogens with one attached hydrogen (secondary N) is 1. The van der Waals surface area contributed by atoms with Crippen molar-refractivity contribution in [3.05, 3.63) is 30.1 Å². The van der Waals surface area contributed by atoms with Crippen LogP contribution in [0.3, 0.4) is 0 Å². The summed E-state index contributed by atoms with van der Waals surface area (Å²) in [5.74, 6) is -0.370. The number of aromatic nitrogens is 1. The molecule has 2 unspecified atom stereocenters. The highest BCUT2D eigenvalue weighted by Gasteiger charge is 2.27.